The molecule has 1 fully saturated rings. The largest absolute Gasteiger partial charge is 0.416 e. The van der Waals surface area contributed by atoms with E-state index in [1.165, 1.54) is 12.1 Å². The van der Waals surface area contributed by atoms with Gasteiger partial charge in [-0.2, -0.15) is 13.2 Å². The number of piperazine rings is 1. The molecule has 1 saturated heterocycles. The van der Waals surface area contributed by atoms with Crippen LogP contribution in [0.1, 0.15) is 50.7 Å². The van der Waals surface area contributed by atoms with Crippen molar-refractivity contribution >= 4 is 5.69 Å². The molecule has 0 aliphatic carbocycles. The molecule has 0 bridgehead atoms. The third-order valence-electron chi connectivity index (χ3n) is 4.99. The van der Waals surface area contributed by atoms with Crippen molar-refractivity contribution in [3.63, 3.8) is 0 Å². The number of nitrogens with zero attached hydrogens (tertiary/aromatic N) is 6. The Balaban J connectivity index is 1.70. The van der Waals surface area contributed by atoms with Crippen LogP contribution >= 0.6 is 0 Å². The van der Waals surface area contributed by atoms with Crippen LogP contribution in [0, 0.1) is 0 Å². The van der Waals surface area contributed by atoms with Gasteiger partial charge in [0, 0.05) is 31.9 Å². The Kier molecular flexibility index (Phi) is 5.69. The van der Waals surface area contributed by atoms with Gasteiger partial charge in [0.1, 0.15) is 0 Å². The van der Waals surface area contributed by atoms with Crippen molar-refractivity contribution in [3.05, 3.63) is 35.7 Å². The summed E-state index contributed by atoms with van der Waals surface area (Å²) in [5.74, 6) is 0.847. The van der Waals surface area contributed by atoms with Gasteiger partial charge in [0.05, 0.1) is 17.6 Å². The number of aromatic nitrogens is 4. The van der Waals surface area contributed by atoms with Gasteiger partial charge in [-0.25, -0.2) is 4.68 Å². The van der Waals surface area contributed by atoms with Gasteiger partial charge in [-0.15, -0.1) is 5.10 Å². The lowest BCUT2D eigenvalue weighted by Gasteiger charge is -2.39. The summed E-state index contributed by atoms with van der Waals surface area (Å²) in [5.41, 5.74) is 0.00881. The summed E-state index contributed by atoms with van der Waals surface area (Å²) < 4.78 is 40.7. The van der Waals surface area contributed by atoms with Crippen molar-refractivity contribution in [2.75, 3.05) is 31.1 Å². The number of hydrogen-bond acceptors (Lipinski definition) is 5. The molecular weight excluding hydrogens is 357 g/mol. The van der Waals surface area contributed by atoms with Gasteiger partial charge < -0.3 is 4.90 Å². The van der Waals surface area contributed by atoms with Crippen LogP contribution in [0.4, 0.5) is 18.9 Å². The average Bonchev–Trinajstić information content (AvgIpc) is 3.12. The summed E-state index contributed by atoms with van der Waals surface area (Å²) in [6, 6.07) is 5.82. The number of hydrogen-bond donors (Lipinski definition) is 0. The van der Waals surface area contributed by atoms with Crippen molar-refractivity contribution in [1.29, 1.82) is 0 Å². The highest BCUT2D eigenvalue weighted by molar-refractivity contribution is 5.49. The van der Waals surface area contributed by atoms with E-state index in [2.05, 4.69) is 27.3 Å². The van der Waals surface area contributed by atoms with Crippen LogP contribution in [0.15, 0.2) is 24.3 Å². The van der Waals surface area contributed by atoms with E-state index in [0.717, 1.165) is 31.4 Å². The molecule has 0 saturated carbocycles. The fourth-order valence-corrected chi connectivity index (χ4v) is 3.56. The Morgan fingerprint density at radius 1 is 1.11 bits per heavy atom. The molecule has 0 amide bonds. The molecule has 1 aromatic heterocycles. The van der Waals surface area contributed by atoms with E-state index >= 15 is 0 Å². The molecule has 9 heteroatoms. The Morgan fingerprint density at radius 3 is 2.41 bits per heavy atom. The monoisotopic (exact) mass is 382 g/mol. The topological polar surface area (TPSA) is 50.1 Å². The first-order valence-corrected chi connectivity index (χ1v) is 9.25. The highest BCUT2D eigenvalue weighted by atomic mass is 19.4. The lowest BCUT2D eigenvalue weighted by atomic mass is 10.1. The van der Waals surface area contributed by atoms with E-state index in [1.54, 1.807) is 6.07 Å². The van der Waals surface area contributed by atoms with Crippen LogP contribution in [-0.2, 0) is 6.18 Å². The van der Waals surface area contributed by atoms with E-state index in [4.69, 9.17) is 0 Å². The van der Waals surface area contributed by atoms with E-state index in [9.17, 15) is 13.2 Å². The minimum atomic E-state index is -4.32. The van der Waals surface area contributed by atoms with Gasteiger partial charge in [-0.3, -0.25) is 4.90 Å². The number of benzene rings is 1. The van der Waals surface area contributed by atoms with E-state index in [1.807, 2.05) is 23.4 Å². The summed E-state index contributed by atoms with van der Waals surface area (Å²) in [6.45, 7) is 9.01. The summed E-state index contributed by atoms with van der Waals surface area (Å²) >= 11 is 0. The zero-order valence-corrected chi connectivity index (χ0v) is 15.8. The Morgan fingerprint density at radius 2 is 1.81 bits per heavy atom. The molecule has 2 heterocycles. The first-order chi connectivity index (χ1) is 12.8. The maximum absolute atomic E-state index is 13.0. The van der Waals surface area contributed by atoms with Crippen molar-refractivity contribution in [1.82, 2.24) is 25.1 Å². The molecule has 0 spiro atoms. The summed E-state index contributed by atoms with van der Waals surface area (Å²) in [5, 5.41) is 12.1. The number of rotatable bonds is 5. The second-order valence-electron chi connectivity index (χ2n) is 7.07. The molecule has 1 aliphatic rings. The van der Waals surface area contributed by atoms with Crippen molar-refractivity contribution < 1.29 is 13.2 Å². The molecule has 0 unspecified atom stereocenters. The van der Waals surface area contributed by atoms with Gasteiger partial charge in [0.15, 0.2) is 5.82 Å². The van der Waals surface area contributed by atoms with Crippen LogP contribution < -0.4 is 4.90 Å². The Bertz CT molecular complexity index is 750. The van der Waals surface area contributed by atoms with E-state index in [0.29, 0.717) is 18.8 Å². The maximum atomic E-state index is 13.0. The van der Waals surface area contributed by atoms with E-state index in [-0.39, 0.29) is 12.1 Å². The average molecular weight is 382 g/mol. The molecule has 0 N–H and O–H groups in total. The fourth-order valence-electron chi connectivity index (χ4n) is 3.56. The van der Waals surface area contributed by atoms with Gasteiger partial charge in [-0.1, -0.05) is 13.0 Å². The molecule has 148 valence electrons. The predicted octanol–water partition coefficient (Wildman–Crippen LogP) is 3.55. The van der Waals surface area contributed by atoms with Crippen LogP contribution in [0.25, 0.3) is 0 Å². The Hall–Kier alpha value is -2.16. The number of alkyl halides is 3. The number of halogens is 3. The molecule has 3 rings (SSSR count). The third kappa shape index (κ3) is 4.23. The standard InChI is InChI=1S/C18H25F3N6/c1-4-16(17-22-23-24-27(17)13(2)3)26-10-8-25(9-11-26)15-7-5-6-14(12-15)18(19,20)21/h5-7,12-13,16H,4,8-11H2,1-3H3/t16-/m0/s1. The van der Waals surface area contributed by atoms with Crippen molar-refractivity contribution in [3.8, 4) is 0 Å². The highest BCUT2D eigenvalue weighted by Crippen LogP contribution is 2.32. The fraction of sp³-hybridized carbons (Fsp3) is 0.611. The smallest absolute Gasteiger partial charge is 0.369 e. The van der Waals surface area contributed by atoms with Gasteiger partial charge >= 0.3 is 6.18 Å². The summed E-state index contributed by atoms with van der Waals surface area (Å²) in [6.07, 6.45) is -3.45. The third-order valence-corrected chi connectivity index (χ3v) is 4.99. The molecule has 1 aromatic carbocycles. The predicted molar refractivity (Wildman–Crippen MR) is 96.5 cm³/mol. The lowest BCUT2D eigenvalue weighted by Crippen LogP contribution is -2.48. The number of anilines is 1. The van der Waals surface area contributed by atoms with Crippen LogP contribution in [0.3, 0.4) is 0 Å². The molecule has 1 atom stereocenters. The van der Waals surface area contributed by atoms with Crippen molar-refractivity contribution in [2.45, 2.75) is 45.5 Å². The lowest BCUT2D eigenvalue weighted by molar-refractivity contribution is -0.137. The summed E-state index contributed by atoms with van der Waals surface area (Å²) in [7, 11) is 0. The normalized spacial score (nSPS) is 17.5. The zero-order chi connectivity index (χ0) is 19.6. The second kappa shape index (κ2) is 7.84. The quantitative estimate of drug-likeness (QED) is 0.792. The van der Waals surface area contributed by atoms with Crippen LogP contribution in [0.5, 0.6) is 0 Å². The highest BCUT2D eigenvalue weighted by Gasteiger charge is 2.32. The van der Waals surface area contributed by atoms with Gasteiger partial charge in [0.25, 0.3) is 0 Å². The summed E-state index contributed by atoms with van der Waals surface area (Å²) in [4.78, 5) is 4.32. The first-order valence-electron chi connectivity index (χ1n) is 9.25. The Labute approximate surface area is 156 Å². The second-order valence-corrected chi connectivity index (χ2v) is 7.07. The zero-order valence-electron chi connectivity index (χ0n) is 15.8. The molecule has 0 radical (unpaired) electrons. The first kappa shape index (κ1) is 19.6. The molecule has 2 aromatic rings. The maximum Gasteiger partial charge on any atom is 0.416 e. The van der Waals surface area contributed by atoms with Gasteiger partial charge in [0.2, 0.25) is 0 Å². The van der Waals surface area contributed by atoms with Crippen LogP contribution in [0.2, 0.25) is 0 Å². The van der Waals surface area contributed by atoms with E-state index < -0.39 is 11.7 Å². The molecule has 1 aliphatic heterocycles. The van der Waals surface area contributed by atoms with Gasteiger partial charge in [-0.05, 0) is 48.9 Å². The van der Waals surface area contributed by atoms with Crippen molar-refractivity contribution in [2.24, 2.45) is 0 Å². The minimum Gasteiger partial charge on any atom is -0.369 e. The number of tetrazole rings is 1. The minimum absolute atomic E-state index is 0.103. The molecule has 6 nitrogen and oxygen atoms in total. The SMILES string of the molecule is CC[C@@H](c1nnnn1C(C)C)N1CCN(c2cccc(C(F)(F)F)c2)CC1. The van der Waals surface area contributed by atoms with Crippen LogP contribution in [-0.4, -0.2) is 51.3 Å². The molecular formula is C18H25F3N6. The molecule has 27 heavy (non-hydrogen) atoms.